The van der Waals surface area contributed by atoms with Crippen LogP contribution < -0.4 is 5.73 Å². The molecular formula is C13H18N4. The van der Waals surface area contributed by atoms with Gasteiger partial charge in [0, 0.05) is 6.54 Å². The van der Waals surface area contributed by atoms with E-state index in [1.54, 1.807) is 0 Å². The zero-order chi connectivity index (χ0) is 12.4. The van der Waals surface area contributed by atoms with E-state index in [0.717, 1.165) is 11.6 Å². The first kappa shape index (κ1) is 11.8. The lowest BCUT2D eigenvalue weighted by Crippen LogP contribution is -2.22. The third kappa shape index (κ3) is 2.36. The average Bonchev–Trinajstić information content (AvgIpc) is 2.59. The normalized spacial score (nSPS) is 12.7. The molecule has 1 aromatic heterocycles. The molecule has 90 valence electrons. The van der Waals surface area contributed by atoms with E-state index in [0.29, 0.717) is 6.54 Å². The van der Waals surface area contributed by atoms with E-state index in [2.05, 4.69) is 35.2 Å². The summed E-state index contributed by atoms with van der Waals surface area (Å²) in [6.07, 6.45) is 0. The van der Waals surface area contributed by atoms with Crippen molar-refractivity contribution in [3.05, 3.63) is 47.0 Å². The summed E-state index contributed by atoms with van der Waals surface area (Å²) >= 11 is 0. The fraction of sp³-hybridized carbons (Fsp3) is 0.385. The van der Waals surface area contributed by atoms with Gasteiger partial charge in [0.1, 0.15) is 11.6 Å². The highest BCUT2D eigenvalue weighted by Crippen LogP contribution is 2.19. The van der Waals surface area contributed by atoms with Crippen molar-refractivity contribution in [2.75, 3.05) is 6.54 Å². The summed E-state index contributed by atoms with van der Waals surface area (Å²) in [5.41, 5.74) is 8.29. The number of hydrogen-bond acceptors (Lipinski definition) is 3. The van der Waals surface area contributed by atoms with Crippen LogP contribution >= 0.6 is 0 Å². The molecule has 0 bridgehead atoms. The Bertz CT molecular complexity index is 516. The Hall–Kier alpha value is -1.68. The fourth-order valence-electron chi connectivity index (χ4n) is 2.09. The molecule has 0 radical (unpaired) electrons. The summed E-state index contributed by atoms with van der Waals surface area (Å²) < 4.78 is 1.91. The molecule has 0 aliphatic rings. The molecule has 1 aromatic carbocycles. The van der Waals surface area contributed by atoms with E-state index in [4.69, 9.17) is 5.73 Å². The van der Waals surface area contributed by atoms with E-state index < -0.39 is 0 Å². The molecule has 1 atom stereocenters. The summed E-state index contributed by atoms with van der Waals surface area (Å²) in [5.74, 6) is 1.69. The minimum absolute atomic E-state index is 0.0658. The van der Waals surface area contributed by atoms with Gasteiger partial charge in [0.05, 0.1) is 6.04 Å². The van der Waals surface area contributed by atoms with Crippen molar-refractivity contribution in [2.24, 2.45) is 5.73 Å². The van der Waals surface area contributed by atoms with Crippen LogP contribution in [0.2, 0.25) is 0 Å². The first-order valence-electron chi connectivity index (χ1n) is 5.78. The maximum atomic E-state index is 5.88. The number of rotatable bonds is 3. The van der Waals surface area contributed by atoms with Crippen LogP contribution in [0.5, 0.6) is 0 Å². The Morgan fingerprint density at radius 3 is 2.59 bits per heavy atom. The molecule has 4 nitrogen and oxygen atoms in total. The van der Waals surface area contributed by atoms with Crippen molar-refractivity contribution >= 4 is 0 Å². The minimum Gasteiger partial charge on any atom is -0.328 e. The largest absolute Gasteiger partial charge is 0.328 e. The number of aryl methyl sites for hydroxylation is 3. The zero-order valence-electron chi connectivity index (χ0n) is 10.5. The highest BCUT2D eigenvalue weighted by atomic mass is 15.4. The highest BCUT2D eigenvalue weighted by Gasteiger charge is 2.16. The third-order valence-electron chi connectivity index (χ3n) is 2.85. The van der Waals surface area contributed by atoms with Crippen molar-refractivity contribution in [1.82, 2.24) is 14.8 Å². The molecule has 1 unspecified atom stereocenters. The number of hydrogen-bond donors (Lipinski definition) is 1. The highest BCUT2D eigenvalue weighted by molar-refractivity contribution is 5.26. The summed E-state index contributed by atoms with van der Waals surface area (Å²) in [6.45, 7) is 6.45. The number of benzene rings is 1. The topological polar surface area (TPSA) is 56.7 Å². The van der Waals surface area contributed by atoms with Crippen molar-refractivity contribution < 1.29 is 0 Å². The molecule has 2 rings (SSSR count). The second-order valence-electron chi connectivity index (χ2n) is 4.32. The molecular weight excluding hydrogens is 212 g/mol. The predicted molar refractivity (Wildman–Crippen MR) is 67.9 cm³/mol. The van der Waals surface area contributed by atoms with Gasteiger partial charge in [0.2, 0.25) is 0 Å². The van der Waals surface area contributed by atoms with Gasteiger partial charge in [-0.25, -0.2) is 9.67 Å². The van der Waals surface area contributed by atoms with Gasteiger partial charge in [-0.05, 0) is 26.3 Å². The first-order valence-corrected chi connectivity index (χ1v) is 5.78. The molecule has 0 amide bonds. The van der Waals surface area contributed by atoms with Crippen LogP contribution in [0.25, 0.3) is 0 Å². The van der Waals surface area contributed by atoms with Gasteiger partial charge >= 0.3 is 0 Å². The summed E-state index contributed by atoms with van der Waals surface area (Å²) in [6, 6.07) is 8.42. The van der Waals surface area contributed by atoms with Crippen LogP contribution in [-0.4, -0.2) is 21.3 Å². The van der Waals surface area contributed by atoms with Crippen molar-refractivity contribution in [3.63, 3.8) is 0 Å². The van der Waals surface area contributed by atoms with Gasteiger partial charge in [-0.15, -0.1) is 0 Å². The van der Waals surface area contributed by atoms with Gasteiger partial charge in [0.15, 0.2) is 0 Å². The quantitative estimate of drug-likeness (QED) is 0.874. The summed E-state index contributed by atoms with van der Waals surface area (Å²) in [5, 5.41) is 4.41. The van der Waals surface area contributed by atoms with Gasteiger partial charge in [0.25, 0.3) is 0 Å². The molecule has 17 heavy (non-hydrogen) atoms. The monoisotopic (exact) mass is 230 g/mol. The van der Waals surface area contributed by atoms with Crippen LogP contribution in [0.1, 0.15) is 28.8 Å². The van der Waals surface area contributed by atoms with Gasteiger partial charge in [-0.2, -0.15) is 5.10 Å². The molecule has 0 aliphatic heterocycles. The van der Waals surface area contributed by atoms with Gasteiger partial charge in [-0.1, -0.05) is 29.8 Å². The summed E-state index contributed by atoms with van der Waals surface area (Å²) in [4.78, 5) is 4.32. The van der Waals surface area contributed by atoms with Crippen molar-refractivity contribution in [1.29, 1.82) is 0 Å². The molecule has 0 saturated heterocycles. The van der Waals surface area contributed by atoms with Gasteiger partial charge < -0.3 is 5.73 Å². The average molecular weight is 230 g/mol. The van der Waals surface area contributed by atoms with Crippen LogP contribution in [0, 0.1) is 20.8 Å². The van der Waals surface area contributed by atoms with Crippen LogP contribution in [-0.2, 0) is 0 Å². The molecule has 0 aliphatic carbocycles. The van der Waals surface area contributed by atoms with Crippen LogP contribution in [0.4, 0.5) is 0 Å². The lowest BCUT2D eigenvalue weighted by Gasteiger charge is -2.17. The van der Waals surface area contributed by atoms with E-state index in [1.165, 1.54) is 11.1 Å². The smallest absolute Gasteiger partial charge is 0.147 e. The first-order chi connectivity index (χ1) is 8.11. The molecule has 0 saturated carbocycles. The molecule has 0 fully saturated rings. The van der Waals surface area contributed by atoms with E-state index >= 15 is 0 Å². The Kier molecular flexibility index (Phi) is 3.24. The Labute approximate surface area is 101 Å². The molecule has 0 spiro atoms. The maximum absolute atomic E-state index is 5.88. The van der Waals surface area contributed by atoms with E-state index in [9.17, 15) is 0 Å². The number of aromatic nitrogens is 3. The molecule has 2 aromatic rings. The fourth-order valence-corrected chi connectivity index (χ4v) is 2.09. The number of nitrogens with two attached hydrogens (primary N) is 1. The van der Waals surface area contributed by atoms with Crippen molar-refractivity contribution in [3.8, 4) is 0 Å². The molecule has 4 heteroatoms. The Balaban J connectivity index is 2.43. The maximum Gasteiger partial charge on any atom is 0.147 e. The molecule has 2 N–H and O–H groups in total. The van der Waals surface area contributed by atoms with E-state index in [-0.39, 0.29) is 6.04 Å². The van der Waals surface area contributed by atoms with Gasteiger partial charge in [-0.3, -0.25) is 0 Å². The zero-order valence-corrected chi connectivity index (χ0v) is 10.5. The predicted octanol–water partition coefficient (Wildman–Crippen LogP) is 1.75. The van der Waals surface area contributed by atoms with E-state index in [1.807, 2.05) is 24.6 Å². The van der Waals surface area contributed by atoms with Crippen molar-refractivity contribution in [2.45, 2.75) is 26.8 Å². The Morgan fingerprint density at radius 1 is 1.29 bits per heavy atom. The lowest BCUT2D eigenvalue weighted by atomic mass is 10.0. The third-order valence-corrected chi connectivity index (χ3v) is 2.85. The number of nitrogens with zero attached hydrogens (tertiary/aromatic N) is 3. The van der Waals surface area contributed by atoms with Crippen LogP contribution in [0.3, 0.4) is 0 Å². The lowest BCUT2D eigenvalue weighted by molar-refractivity contribution is 0.514. The SMILES string of the molecule is Cc1cccc(C(CN)n2nc(C)nc2C)c1. The minimum atomic E-state index is 0.0658. The standard InChI is InChI=1S/C13H18N4/c1-9-5-4-6-12(7-9)13(8-14)17-11(3)15-10(2)16-17/h4-7,13H,8,14H2,1-3H3. The second kappa shape index (κ2) is 4.67. The molecule has 1 heterocycles. The summed E-state index contributed by atoms with van der Waals surface area (Å²) in [7, 11) is 0. The second-order valence-corrected chi connectivity index (χ2v) is 4.32. The Morgan fingerprint density at radius 2 is 2.06 bits per heavy atom. The van der Waals surface area contributed by atoms with Crippen LogP contribution in [0.15, 0.2) is 24.3 Å².